The van der Waals surface area contributed by atoms with Gasteiger partial charge >= 0.3 is 0 Å². The molecule has 0 saturated carbocycles. The fourth-order valence-corrected chi connectivity index (χ4v) is 3.02. The lowest BCUT2D eigenvalue weighted by Gasteiger charge is -2.33. The molecule has 3 rings (SSSR count). The lowest BCUT2D eigenvalue weighted by molar-refractivity contribution is 0.138. The molecule has 0 radical (unpaired) electrons. The average molecular weight is 322 g/mol. The molecule has 0 amide bonds. The molecule has 0 aliphatic carbocycles. The van der Waals surface area contributed by atoms with Crippen molar-refractivity contribution in [3.05, 3.63) is 64.1 Å². The molecular formula is C17H17Cl2NO. The maximum Gasteiger partial charge on any atom is 0.121 e. The van der Waals surface area contributed by atoms with E-state index in [1.54, 1.807) is 12.1 Å². The molecule has 0 bridgehead atoms. The highest BCUT2D eigenvalue weighted by molar-refractivity contribution is 6.42. The van der Waals surface area contributed by atoms with Crippen LogP contribution in [0.4, 0.5) is 0 Å². The van der Waals surface area contributed by atoms with Crippen LogP contribution >= 0.6 is 23.2 Å². The molecule has 1 aliphatic rings. The van der Waals surface area contributed by atoms with Crippen molar-refractivity contribution in [1.82, 2.24) is 5.32 Å². The van der Waals surface area contributed by atoms with Crippen molar-refractivity contribution in [2.24, 2.45) is 0 Å². The number of halogens is 2. The van der Waals surface area contributed by atoms with Crippen LogP contribution < -0.4 is 10.1 Å². The van der Waals surface area contributed by atoms with Gasteiger partial charge in [-0.3, -0.25) is 0 Å². The van der Waals surface area contributed by atoms with Gasteiger partial charge in [-0.2, -0.15) is 0 Å². The summed E-state index contributed by atoms with van der Waals surface area (Å²) in [5.41, 5.74) is 1.30. The minimum atomic E-state index is 0.144. The quantitative estimate of drug-likeness (QED) is 0.897. The van der Waals surface area contributed by atoms with Crippen molar-refractivity contribution in [3.8, 4) is 5.75 Å². The lowest BCUT2D eigenvalue weighted by atomic mass is 9.89. The van der Waals surface area contributed by atoms with Gasteiger partial charge in [0.15, 0.2) is 0 Å². The largest absolute Gasteiger partial charge is 0.490 e. The van der Waals surface area contributed by atoms with Gasteiger partial charge in [0.05, 0.1) is 10.0 Å². The normalized spacial score (nSPS) is 22.0. The van der Waals surface area contributed by atoms with E-state index >= 15 is 0 Å². The molecule has 1 fully saturated rings. The monoisotopic (exact) mass is 321 g/mol. The number of nitrogens with one attached hydrogen (secondary N) is 1. The van der Waals surface area contributed by atoms with E-state index in [1.165, 1.54) is 5.56 Å². The van der Waals surface area contributed by atoms with Crippen molar-refractivity contribution in [3.63, 3.8) is 0 Å². The number of rotatable bonds is 3. The summed E-state index contributed by atoms with van der Waals surface area (Å²) in [6.07, 6.45) is 1.12. The Labute approximate surface area is 135 Å². The summed E-state index contributed by atoms with van der Waals surface area (Å²) >= 11 is 12.0. The maximum atomic E-state index is 6.18. The Morgan fingerprint density at radius 2 is 1.81 bits per heavy atom. The number of hydrogen-bond donors (Lipinski definition) is 1. The van der Waals surface area contributed by atoms with Gasteiger partial charge in [-0.05, 0) is 30.7 Å². The second kappa shape index (κ2) is 6.69. The molecule has 2 nitrogen and oxygen atoms in total. The minimum Gasteiger partial charge on any atom is -0.490 e. The molecular weight excluding hydrogens is 305 g/mol. The SMILES string of the molecule is Clc1ccc(OC2CCNCC2c2ccccc2)cc1Cl. The molecule has 4 heteroatoms. The molecule has 0 aromatic heterocycles. The lowest BCUT2D eigenvalue weighted by Crippen LogP contribution is -2.41. The summed E-state index contributed by atoms with van der Waals surface area (Å²) in [7, 11) is 0. The Kier molecular flexibility index (Phi) is 4.69. The van der Waals surface area contributed by atoms with E-state index in [1.807, 2.05) is 12.1 Å². The second-order valence-corrected chi connectivity index (χ2v) is 6.06. The summed E-state index contributed by atoms with van der Waals surface area (Å²) in [4.78, 5) is 0. The predicted molar refractivity (Wildman–Crippen MR) is 87.5 cm³/mol. The molecule has 2 unspecified atom stereocenters. The van der Waals surface area contributed by atoms with Gasteiger partial charge in [0.25, 0.3) is 0 Å². The summed E-state index contributed by atoms with van der Waals surface area (Å²) in [6, 6.07) is 15.9. The standard InChI is InChI=1S/C17H17Cl2NO/c18-15-7-6-13(10-16(15)19)21-17-8-9-20-11-14(17)12-4-2-1-3-5-12/h1-7,10,14,17,20H,8-9,11H2. The first kappa shape index (κ1) is 14.7. The molecule has 1 N–H and O–H groups in total. The fourth-order valence-electron chi connectivity index (χ4n) is 2.73. The van der Waals surface area contributed by atoms with Gasteiger partial charge < -0.3 is 10.1 Å². The highest BCUT2D eigenvalue weighted by Crippen LogP contribution is 2.31. The van der Waals surface area contributed by atoms with Gasteiger partial charge in [-0.25, -0.2) is 0 Å². The number of ether oxygens (including phenoxy) is 1. The maximum absolute atomic E-state index is 6.18. The Morgan fingerprint density at radius 1 is 1.00 bits per heavy atom. The summed E-state index contributed by atoms with van der Waals surface area (Å²) < 4.78 is 6.18. The Balaban J connectivity index is 1.79. The van der Waals surface area contributed by atoms with Crippen LogP contribution in [0.3, 0.4) is 0 Å². The molecule has 110 valence electrons. The van der Waals surface area contributed by atoms with Crippen LogP contribution in [0.25, 0.3) is 0 Å². The molecule has 0 spiro atoms. The van der Waals surface area contributed by atoms with Crippen LogP contribution in [0, 0.1) is 0 Å². The molecule has 1 saturated heterocycles. The Bertz CT molecular complexity index is 603. The first-order chi connectivity index (χ1) is 10.2. The average Bonchev–Trinajstić information content (AvgIpc) is 2.52. The van der Waals surface area contributed by atoms with Gasteiger partial charge in [-0.15, -0.1) is 0 Å². The van der Waals surface area contributed by atoms with E-state index in [0.29, 0.717) is 16.0 Å². The van der Waals surface area contributed by atoms with Gasteiger partial charge in [0, 0.05) is 18.5 Å². The first-order valence-electron chi connectivity index (χ1n) is 7.11. The Morgan fingerprint density at radius 3 is 2.57 bits per heavy atom. The van der Waals surface area contributed by atoms with E-state index in [9.17, 15) is 0 Å². The predicted octanol–water partition coefficient (Wildman–Crippen LogP) is 4.52. The van der Waals surface area contributed by atoms with Crippen molar-refractivity contribution < 1.29 is 4.74 Å². The van der Waals surface area contributed by atoms with E-state index in [0.717, 1.165) is 25.3 Å². The molecule has 2 aromatic rings. The van der Waals surface area contributed by atoms with Gasteiger partial charge in [0.2, 0.25) is 0 Å². The van der Waals surface area contributed by atoms with Crippen LogP contribution in [0.15, 0.2) is 48.5 Å². The topological polar surface area (TPSA) is 21.3 Å². The van der Waals surface area contributed by atoms with Gasteiger partial charge in [0.1, 0.15) is 11.9 Å². The number of hydrogen-bond acceptors (Lipinski definition) is 2. The zero-order chi connectivity index (χ0) is 14.7. The summed E-state index contributed by atoms with van der Waals surface area (Å²) in [5.74, 6) is 1.12. The van der Waals surface area contributed by atoms with Crippen molar-refractivity contribution in [1.29, 1.82) is 0 Å². The smallest absolute Gasteiger partial charge is 0.121 e. The third-order valence-electron chi connectivity index (χ3n) is 3.82. The molecule has 1 aliphatic heterocycles. The summed E-state index contributed by atoms with van der Waals surface area (Å²) in [5, 5.41) is 4.52. The van der Waals surface area contributed by atoms with E-state index in [4.69, 9.17) is 27.9 Å². The van der Waals surface area contributed by atoms with Crippen LogP contribution in [0.1, 0.15) is 17.9 Å². The molecule has 2 atom stereocenters. The zero-order valence-corrected chi connectivity index (χ0v) is 13.1. The fraction of sp³-hybridized carbons (Fsp3) is 0.294. The summed E-state index contributed by atoms with van der Waals surface area (Å²) in [6.45, 7) is 1.89. The van der Waals surface area contributed by atoms with Crippen molar-refractivity contribution in [2.75, 3.05) is 13.1 Å². The van der Waals surface area contributed by atoms with Crippen LogP contribution in [-0.4, -0.2) is 19.2 Å². The third-order valence-corrected chi connectivity index (χ3v) is 4.56. The number of piperidine rings is 1. The zero-order valence-electron chi connectivity index (χ0n) is 11.6. The van der Waals surface area contributed by atoms with E-state index < -0.39 is 0 Å². The highest BCUT2D eigenvalue weighted by atomic mass is 35.5. The van der Waals surface area contributed by atoms with Crippen LogP contribution in [0.2, 0.25) is 10.0 Å². The molecule has 21 heavy (non-hydrogen) atoms. The van der Waals surface area contributed by atoms with Crippen molar-refractivity contribution in [2.45, 2.75) is 18.4 Å². The third kappa shape index (κ3) is 3.52. The highest BCUT2D eigenvalue weighted by Gasteiger charge is 2.28. The van der Waals surface area contributed by atoms with Crippen LogP contribution in [0.5, 0.6) is 5.75 Å². The first-order valence-corrected chi connectivity index (χ1v) is 7.87. The van der Waals surface area contributed by atoms with Crippen LogP contribution in [-0.2, 0) is 0 Å². The van der Waals surface area contributed by atoms with E-state index in [2.05, 4.69) is 29.6 Å². The minimum absolute atomic E-state index is 0.144. The molecule has 1 heterocycles. The second-order valence-electron chi connectivity index (χ2n) is 5.24. The number of benzene rings is 2. The van der Waals surface area contributed by atoms with Gasteiger partial charge in [-0.1, -0.05) is 53.5 Å². The van der Waals surface area contributed by atoms with Crippen molar-refractivity contribution >= 4 is 23.2 Å². The van der Waals surface area contributed by atoms with E-state index in [-0.39, 0.29) is 6.10 Å². The Hall–Kier alpha value is -1.22. The molecule has 2 aromatic carbocycles.